The molecule has 9 heteroatoms. The molecule has 1 atom stereocenters. The summed E-state index contributed by atoms with van der Waals surface area (Å²) in [6, 6.07) is 0. The standard InChI is InChI=1S/C11H20N4O4S/c1-7(11(16)19-5)6-14(3)20(17,18)9-8(2)15(4)13-10(9)12/h7H,6H2,1-5H3,(H2,12,13). The smallest absolute Gasteiger partial charge is 0.309 e. The van der Waals surface area contributed by atoms with Crippen molar-refractivity contribution in [1.82, 2.24) is 14.1 Å². The molecule has 0 aliphatic heterocycles. The van der Waals surface area contributed by atoms with Crippen LogP contribution in [0, 0.1) is 12.8 Å². The zero-order valence-electron chi connectivity index (χ0n) is 12.2. The number of ether oxygens (including phenoxy) is 1. The highest BCUT2D eigenvalue weighted by Gasteiger charge is 2.30. The summed E-state index contributed by atoms with van der Waals surface area (Å²) in [4.78, 5) is 11.3. The summed E-state index contributed by atoms with van der Waals surface area (Å²) in [5, 5.41) is 3.89. The van der Waals surface area contributed by atoms with E-state index in [1.54, 1.807) is 20.9 Å². The fourth-order valence-corrected chi connectivity index (χ4v) is 3.39. The van der Waals surface area contributed by atoms with Gasteiger partial charge in [0.2, 0.25) is 10.0 Å². The van der Waals surface area contributed by atoms with Gasteiger partial charge in [-0.2, -0.15) is 9.40 Å². The summed E-state index contributed by atoms with van der Waals surface area (Å²) in [7, 11) is 0.464. The number of nitrogens with two attached hydrogens (primary N) is 1. The number of hydrogen-bond donors (Lipinski definition) is 1. The van der Waals surface area contributed by atoms with E-state index in [2.05, 4.69) is 9.84 Å². The average molecular weight is 304 g/mol. The first-order valence-corrected chi connectivity index (χ1v) is 7.40. The summed E-state index contributed by atoms with van der Waals surface area (Å²) in [6.45, 7) is 3.22. The quantitative estimate of drug-likeness (QED) is 0.751. The number of nitrogens with zero attached hydrogens (tertiary/aromatic N) is 3. The van der Waals surface area contributed by atoms with Crippen molar-refractivity contribution < 1.29 is 17.9 Å². The van der Waals surface area contributed by atoms with E-state index < -0.39 is 21.9 Å². The molecule has 0 bridgehead atoms. The maximum Gasteiger partial charge on any atom is 0.309 e. The number of nitrogen functional groups attached to an aromatic ring is 1. The molecule has 1 rings (SSSR count). The number of aryl methyl sites for hydroxylation is 1. The molecule has 0 spiro atoms. The number of methoxy groups -OCH3 is 1. The van der Waals surface area contributed by atoms with Gasteiger partial charge in [-0.1, -0.05) is 6.92 Å². The van der Waals surface area contributed by atoms with E-state index in [4.69, 9.17) is 5.73 Å². The Labute approximate surface area is 118 Å². The van der Waals surface area contributed by atoms with E-state index in [1.807, 2.05) is 0 Å². The van der Waals surface area contributed by atoms with Gasteiger partial charge in [0.1, 0.15) is 4.90 Å². The van der Waals surface area contributed by atoms with Crippen LogP contribution in [-0.2, 0) is 26.6 Å². The normalized spacial score (nSPS) is 13.5. The fraction of sp³-hybridized carbons (Fsp3) is 0.636. The Kier molecular flexibility index (Phi) is 4.77. The van der Waals surface area contributed by atoms with Gasteiger partial charge in [-0.05, 0) is 6.92 Å². The van der Waals surface area contributed by atoms with Crippen LogP contribution in [0.4, 0.5) is 5.82 Å². The molecule has 0 saturated carbocycles. The van der Waals surface area contributed by atoms with E-state index in [1.165, 1.54) is 18.8 Å². The number of carbonyl (C=O) groups is 1. The highest BCUT2D eigenvalue weighted by atomic mass is 32.2. The minimum Gasteiger partial charge on any atom is -0.469 e. The van der Waals surface area contributed by atoms with Crippen molar-refractivity contribution in [3.63, 3.8) is 0 Å². The fourth-order valence-electron chi connectivity index (χ4n) is 1.85. The molecule has 0 aromatic carbocycles. The Hall–Kier alpha value is -1.61. The average Bonchev–Trinajstić information content (AvgIpc) is 2.62. The maximum atomic E-state index is 12.5. The van der Waals surface area contributed by atoms with Crippen LogP contribution in [-0.4, -0.2) is 49.2 Å². The predicted octanol–water partition coefficient (Wildman–Crippen LogP) is -0.260. The summed E-state index contributed by atoms with van der Waals surface area (Å²) in [5.74, 6) is -1.09. The molecule has 1 aromatic rings. The van der Waals surface area contributed by atoms with Crippen LogP contribution in [0.2, 0.25) is 0 Å². The molecule has 20 heavy (non-hydrogen) atoms. The van der Waals surface area contributed by atoms with E-state index in [0.29, 0.717) is 5.69 Å². The summed E-state index contributed by atoms with van der Waals surface area (Å²) >= 11 is 0. The van der Waals surface area contributed by atoms with Crippen LogP contribution >= 0.6 is 0 Å². The second-order valence-corrected chi connectivity index (χ2v) is 6.61. The van der Waals surface area contributed by atoms with Crippen molar-refractivity contribution in [2.75, 3.05) is 26.4 Å². The van der Waals surface area contributed by atoms with E-state index in [9.17, 15) is 13.2 Å². The molecule has 0 saturated heterocycles. The Morgan fingerprint density at radius 1 is 1.55 bits per heavy atom. The van der Waals surface area contributed by atoms with E-state index >= 15 is 0 Å². The number of hydrogen-bond acceptors (Lipinski definition) is 6. The van der Waals surface area contributed by atoms with Crippen LogP contribution in [0.5, 0.6) is 0 Å². The van der Waals surface area contributed by atoms with Gasteiger partial charge in [0.25, 0.3) is 0 Å². The van der Waals surface area contributed by atoms with Gasteiger partial charge in [0, 0.05) is 20.6 Å². The molecular formula is C11H20N4O4S. The van der Waals surface area contributed by atoms with Crippen LogP contribution in [0.25, 0.3) is 0 Å². The molecule has 114 valence electrons. The molecule has 1 heterocycles. The maximum absolute atomic E-state index is 12.5. The van der Waals surface area contributed by atoms with E-state index in [-0.39, 0.29) is 17.3 Å². The third-order valence-corrected chi connectivity index (χ3v) is 5.10. The Bertz CT molecular complexity index is 608. The van der Waals surface area contributed by atoms with Crippen LogP contribution in [0.1, 0.15) is 12.6 Å². The topological polar surface area (TPSA) is 108 Å². The molecule has 8 nitrogen and oxygen atoms in total. The zero-order chi connectivity index (χ0) is 15.7. The number of esters is 1. The van der Waals surface area contributed by atoms with Crippen molar-refractivity contribution in [2.45, 2.75) is 18.7 Å². The lowest BCUT2D eigenvalue weighted by molar-refractivity contribution is -0.144. The lowest BCUT2D eigenvalue weighted by Gasteiger charge is -2.20. The number of anilines is 1. The summed E-state index contributed by atoms with van der Waals surface area (Å²) < 4.78 is 32.0. The second kappa shape index (κ2) is 5.80. The van der Waals surface area contributed by atoms with Gasteiger partial charge in [-0.3, -0.25) is 9.48 Å². The minimum absolute atomic E-state index is 0.00276. The largest absolute Gasteiger partial charge is 0.469 e. The van der Waals surface area contributed by atoms with Crippen molar-refractivity contribution in [3.05, 3.63) is 5.69 Å². The molecule has 1 unspecified atom stereocenters. The van der Waals surface area contributed by atoms with Crippen LogP contribution in [0.3, 0.4) is 0 Å². The lowest BCUT2D eigenvalue weighted by atomic mass is 10.2. The molecular weight excluding hydrogens is 284 g/mol. The van der Waals surface area contributed by atoms with Crippen molar-refractivity contribution >= 4 is 21.8 Å². The van der Waals surface area contributed by atoms with Gasteiger partial charge in [0.05, 0.1) is 18.7 Å². The van der Waals surface area contributed by atoms with Gasteiger partial charge < -0.3 is 10.5 Å². The zero-order valence-corrected chi connectivity index (χ0v) is 13.1. The molecule has 1 aromatic heterocycles. The molecule has 0 aliphatic carbocycles. The molecule has 0 fully saturated rings. The predicted molar refractivity (Wildman–Crippen MR) is 73.4 cm³/mol. The monoisotopic (exact) mass is 304 g/mol. The molecule has 0 radical (unpaired) electrons. The first-order valence-electron chi connectivity index (χ1n) is 5.96. The highest BCUT2D eigenvalue weighted by molar-refractivity contribution is 7.89. The third-order valence-electron chi connectivity index (χ3n) is 3.11. The second-order valence-electron chi connectivity index (χ2n) is 4.63. The summed E-state index contributed by atoms with van der Waals surface area (Å²) in [6.07, 6.45) is 0. The minimum atomic E-state index is -3.80. The molecule has 0 aliphatic rings. The molecule has 0 amide bonds. The lowest BCUT2D eigenvalue weighted by Crippen LogP contribution is -2.34. The summed E-state index contributed by atoms with van der Waals surface area (Å²) in [5.41, 5.74) is 6.10. The van der Waals surface area contributed by atoms with Crippen molar-refractivity contribution in [3.8, 4) is 0 Å². The van der Waals surface area contributed by atoms with Gasteiger partial charge >= 0.3 is 5.97 Å². The van der Waals surface area contributed by atoms with Crippen LogP contribution in [0.15, 0.2) is 4.90 Å². The number of carbonyl (C=O) groups excluding carboxylic acids is 1. The van der Waals surface area contributed by atoms with E-state index in [0.717, 1.165) is 4.31 Å². The number of rotatable bonds is 5. The first kappa shape index (κ1) is 16.4. The molecule has 2 N–H and O–H groups in total. The third kappa shape index (κ3) is 2.93. The van der Waals surface area contributed by atoms with Crippen molar-refractivity contribution in [2.24, 2.45) is 13.0 Å². The Morgan fingerprint density at radius 2 is 2.10 bits per heavy atom. The Balaban J connectivity index is 3.08. The first-order chi connectivity index (χ1) is 9.12. The van der Waals surface area contributed by atoms with Gasteiger partial charge in [0.15, 0.2) is 5.82 Å². The van der Waals surface area contributed by atoms with Crippen molar-refractivity contribution in [1.29, 1.82) is 0 Å². The highest BCUT2D eigenvalue weighted by Crippen LogP contribution is 2.24. The SMILES string of the molecule is COC(=O)C(C)CN(C)S(=O)(=O)c1c(N)nn(C)c1C. The van der Waals surface area contributed by atoms with Gasteiger partial charge in [-0.15, -0.1) is 0 Å². The number of sulfonamides is 1. The van der Waals surface area contributed by atoms with Crippen LogP contribution < -0.4 is 5.73 Å². The van der Waals surface area contributed by atoms with Gasteiger partial charge in [-0.25, -0.2) is 8.42 Å². The number of aromatic nitrogens is 2. The Morgan fingerprint density at radius 3 is 2.50 bits per heavy atom.